The van der Waals surface area contributed by atoms with E-state index in [0.717, 1.165) is 0 Å². The summed E-state index contributed by atoms with van der Waals surface area (Å²) in [6.45, 7) is 3.98. The summed E-state index contributed by atoms with van der Waals surface area (Å²) in [7, 11) is 0. The minimum absolute atomic E-state index is 0.314. The van der Waals surface area contributed by atoms with Gasteiger partial charge >= 0.3 is 0 Å². The van der Waals surface area contributed by atoms with E-state index in [-0.39, 0.29) is 5.69 Å². The molecular formula is C9H11F2N2. The Morgan fingerprint density at radius 3 is 2.69 bits per heavy atom. The number of nitrogens with zero attached hydrogens (tertiary/aromatic N) is 2. The van der Waals surface area contributed by atoms with Gasteiger partial charge in [0.05, 0.1) is 0 Å². The van der Waals surface area contributed by atoms with Crippen LogP contribution in [0, 0.1) is 12.0 Å². The topological polar surface area (TPSA) is 25.8 Å². The standard InChI is InChI=1S/C9H11F2N2/c1-6(2)5-8-12-4-3-7(13-8)9(10)11/h4,6,9H,5H2,1-2H3. The fraction of sp³-hybridized carbons (Fsp3) is 0.556. The van der Waals surface area contributed by atoms with Crippen molar-refractivity contribution in [1.29, 1.82) is 0 Å². The van der Waals surface area contributed by atoms with Crippen molar-refractivity contribution in [3.05, 3.63) is 23.8 Å². The minimum Gasteiger partial charge on any atom is -0.241 e. The van der Waals surface area contributed by atoms with E-state index in [0.29, 0.717) is 18.2 Å². The molecule has 1 radical (unpaired) electrons. The number of aromatic nitrogens is 2. The molecule has 0 aromatic carbocycles. The summed E-state index contributed by atoms with van der Waals surface area (Å²) in [5.74, 6) is 0.831. The average molecular weight is 185 g/mol. The van der Waals surface area contributed by atoms with Gasteiger partial charge in [-0.15, -0.1) is 0 Å². The Labute approximate surface area is 76.0 Å². The molecule has 1 heterocycles. The highest BCUT2D eigenvalue weighted by Gasteiger charge is 2.10. The van der Waals surface area contributed by atoms with E-state index in [9.17, 15) is 8.78 Å². The van der Waals surface area contributed by atoms with Gasteiger partial charge in [0.2, 0.25) is 0 Å². The molecule has 0 amide bonds. The van der Waals surface area contributed by atoms with Gasteiger partial charge in [-0.25, -0.2) is 18.7 Å². The van der Waals surface area contributed by atoms with Crippen LogP contribution in [0.5, 0.6) is 0 Å². The molecule has 2 nitrogen and oxygen atoms in total. The van der Waals surface area contributed by atoms with Crippen LogP contribution in [0.25, 0.3) is 0 Å². The lowest BCUT2D eigenvalue weighted by atomic mass is 10.1. The second kappa shape index (κ2) is 4.25. The van der Waals surface area contributed by atoms with Gasteiger partial charge in [-0.1, -0.05) is 13.8 Å². The summed E-state index contributed by atoms with van der Waals surface area (Å²) < 4.78 is 24.3. The largest absolute Gasteiger partial charge is 0.281 e. The van der Waals surface area contributed by atoms with Gasteiger partial charge in [-0.05, 0) is 5.92 Å². The number of halogens is 2. The smallest absolute Gasteiger partial charge is 0.241 e. The highest BCUT2D eigenvalue weighted by atomic mass is 19.3. The monoisotopic (exact) mass is 185 g/mol. The number of rotatable bonds is 3. The average Bonchev–Trinajstić information content (AvgIpc) is 2.03. The van der Waals surface area contributed by atoms with Crippen molar-refractivity contribution >= 4 is 0 Å². The van der Waals surface area contributed by atoms with Crippen LogP contribution in [-0.2, 0) is 6.42 Å². The van der Waals surface area contributed by atoms with Crippen LogP contribution >= 0.6 is 0 Å². The van der Waals surface area contributed by atoms with E-state index in [2.05, 4.69) is 16.0 Å². The normalized spacial score (nSPS) is 11.2. The summed E-state index contributed by atoms with van der Waals surface area (Å²) in [6, 6.07) is 2.31. The third-order valence-corrected chi connectivity index (χ3v) is 1.47. The first-order valence-corrected chi connectivity index (χ1v) is 4.11. The molecular weight excluding hydrogens is 174 g/mol. The highest BCUT2D eigenvalue weighted by molar-refractivity contribution is 5.02. The Balaban J connectivity index is 2.79. The second-order valence-corrected chi connectivity index (χ2v) is 3.21. The van der Waals surface area contributed by atoms with Gasteiger partial charge in [0, 0.05) is 18.7 Å². The Morgan fingerprint density at radius 1 is 1.46 bits per heavy atom. The van der Waals surface area contributed by atoms with Crippen LogP contribution < -0.4 is 0 Å². The molecule has 0 fully saturated rings. The number of hydrogen-bond acceptors (Lipinski definition) is 2. The summed E-state index contributed by atoms with van der Waals surface area (Å²) in [5.41, 5.74) is -0.314. The van der Waals surface area contributed by atoms with Crippen molar-refractivity contribution < 1.29 is 8.78 Å². The minimum atomic E-state index is -2.56. The first-order valence-electron chi connectivity index (χ1n) is 4.11. The maximum absolute atomic E-state index is 12.2. The third kappa shape index (κ3) is 3.05. The van der Waals surface area contributed by atoms with Gasteiger partial charge in [-0.3, -0.25) is 0 Å². The third-order valence-electron chi connectivity index (χ3n) is 1.47. The lowest BCUT2D eigenvalue weighted by Crippen LogP contribution is -2.03. The Morgan fingerprint density at radius 2 is 2.15 bits per heavy atom. The van der Waals surface area contributed by atoms with Crippen LogP contribution in [-0.4, -0.2) is 9.97 Å². The van der Waals surface area contributed by atoms with Crippen molar-refractivity contribution in [2.45, 2.75) is 26.7 Å². The quantitative estimate of drug-likeness (QED) is 0.722. The van der Waals surface area contributed by atoms with E-state index < -0.39 is 6.43 Å². The molecule has 1 aromatic rings. The van der Waals surface area contributed by atoms with E-state index in [1.54, 1.807) is 0 Å². The molecule has 13 heavy (non-hydrogen) atoms. The van der Waals surface area contributed by atoms with Crippen molar-refractivity contribution in [2.75, 3.05) is 0 Å². The Hall–Kier alpha value is -1.06. The molecule has 0 unspecified atom stereocenters. The molecule has 0 aliphatic carbocycles. The van der Waals surface area contributed by atoms with Crippen molar-refractivity contribution in [2.24, 2.45) is 5.92 Å². The van der Waals surface area contributed by atoms with Crippen molar-refractivity contribution in [3.8, 4) is 0 Å². The lowest BCUT2D eigenvalue weighted by molar-refractivity contribution is 0.145. The van der Waals surface area contributed by atoms with Crippen molar-refractivity contribution in [1.82, 2.24) is 9.97 Å². The number of alkyl halides is 2. The Kier molecular flexibility index (Phi) is 3.28. The van der Waals surface area contributed by atoms with Crippen LogP contribution in [0.3, 0.4) is 0 Å². The molecule has 0 bridgehead atoms. The maximum Gasteiger partial charge on any atom is 0.281 e. The van der Waals surface area contributed by atoms with Gasteiger partial charge in [-0.2, -0.15) is 0 Å². The first kappa shape index (κ1) is 10.0. The van der Waals surface area contributed by atoms with Crippen LogP contribution in [0.15, 0.2) is 6.20 Å². The molecule has 0 spiro atoms. The summed E-state index contributed by atoms with van der Waals surface area (Å²) >= 11 is 0. The first-order chi connectivity index (χ1) is 6.09. The number of hydrogen-bond donors (Lipinski definition) is 0. The summed E-state index contributed by atoms with van der Waals surface area (Å²) in [6.07, 6.45) is -0.686. The lowest BCUT2D eigenvalue weighted by Gasteiger charge is -2.04. The molecule has 1 rings (SSSR count). The predicted molar refractivity (Wildman–Crippen MR) is 44.4 cm³/mol. The summed E-state index contributed by atoms with van der Waals surface area (Å²) in [4.78, 5) is 7.56. The predicted octanol–water partition coefficient (Wildman–Crippen LogP) is 2.41. The maximum atomic E-state index is 12.2. The van der Waals surface area contributed by atoms with E-state index in [1.165, 1.54) is 6.20 Å². The zero-order valence-corrected chi connectivity index (χ0v) is 7.59. The molecule has 0 aliphatic heterocycles. The zero-order chi connectivity index (χ0) is 9.84. The fourth-order valence-electron chi connectivity index (χ4n) is 0.948. The van der Waals surface area contributed by atoms with Crippen LogP contribution in [0.2, 0.25) is 0 Å². The molecule has 0 saturated carbocycles. The molecule has 0 atom stereocenters. The summed E-state index contributed by atoms with van der Waals surface area (Å²) in [5, 5.41) is 0. The van der Waals surface area contributed by atoms with E-state index in [1.807, 2.05) is 13.8 Å². The van der Waals surface area contributed by atoms with Gasteiger partial charge in [0.15, 0.2) is 0 Å². The SMILES string of the molecule is CC(C)Cc1nc[c]c(C(F)F)n1. The molecule has 1 aromatic heterocycles. The van der Waals surface area contributed by atoms with Gasteiger partial charge < -0.3 is 0 Å². The Bertz CT molecular complexity index is 274. The van der Waals surface area contributed by atoms with Crippen LogP contribution in [0.4, 0.5) is 8.78 Å². The van der Waals surface area contributed by atoms with Crippen LogP contribution in [0.1, 0.15) is 31.8 Å². The zero-order valence-electron chi connectivity index (χ0n) is 7.59. The van der Waals surface area contributed by atoms with E-state index in [4.69, 9.17) is 0 Å². The van der Waals surface area contributed by atoms with E-state index >= 15 is 0 Å². The molecule has 0 saturated heterocycles. The molecule has 71 valence electrons. The molecule has 0 N–H and O–H groups in total. The van der Waals surface area contributed by atoms with Crippen molar-refractivity contribution in [3.63, 3.8) is 0 Å². The van der Waals surface area contributed by atoms with Gasteiger partial charge in [0.25, 0.3) is 6.43 Å². The van der Waals surface area contributed by atoms with Gasteiger partial charge in [0.1, 0.15) is 11.5 Å². The second-order valence-electron chi connectivity index (χ2n) is 3.21. The molecule has 4 heteroatoms. The fourth-order valence-corrected chi connectivity index (χ4v) is 0.948. The highest BCUT2D eigenvalue weighted by Crippen LogP contribution is 2.15. The molecule has 0 aliphatic rings.